The molecule has 1 saturated heterocycles. The van der Waals surface area contributed by atoms with E-state index in [1.165, 1.54) is 0 Å². The predicted octanol–water partition coefficient (Wildman–Crippen LogP) is 2.80. The van der Waals surface area contributed by atoms with Gasteiger partial charge in [0, 0.05) is 25.0 Å². The Morgan fingerprint density at radius 1 is 1.05 bits per heavy atom. The molecule has 4 nitrogen and oxygen atoms in total. The van der Waals surface area contributed by atoms with Gasteiger partial charge in [-0.1, -0.05) is 41.5 Å². The minimum atomic E-state index is 0.0116. The molecule has 1 aliphatic rings. The van der Waals surface area contributed by atoms with E-state index < -0.39 is 0 Å². The molecule has 0 aromatic rings. The summed E-state index contributed by atoms with van der Waals surface area (Å²) in [4.78, 5) is 0. The molecule has 4 heteroatoms. The molecule has 0 aromatic heterocycles. The second kappa shape index (κ2) is 7.89. The normalized spacial score (nSPS) is 17.1. The van der Waals surface area contributed by atoms with Crippen LogP contribution in [0.15, 0.2) is 12.5 Å². The van der Waals surface area contributed by atoms with E-state index in [1.54, 1.807) is 0 Å². The Kier molecular flexibility index (Phi) is 7.60. The molecule has 0 radical (unpaired) electrons. The lowest BCUT2D eigenvalue weighted by molar-refractivity contribution is -0.0790. The number of rotatable bonds is 2. The van der Waals surface area contributed by atoms with Gasteiger partial charge >= 0.3 is 0 Å². The predicted molar refractivity (Wildman–Crippen MR) is 81.1 cm³/mol. The van der Waals surface area contributed by atoms with E-state index in [0.717, 1.165) is 13.2 Å². The molecule has 120 valence electrons. The molecule has 0 saturated carbocycles. The van der Waals surface area contributed by atoms with Gasteiger partial charge in [0.25, 0.3) is 5.95 Å². The first-order valence-electron chi connectivity index (χ1n) is 7.18. The maximum Gasteiger partial charge on any atom is 0.271 e. The van der Waals surface area contributed by atoms with Crippen molar-refractivity contribution in [1.29, 1.82) is 0 Å². The summed E-state index contributed by atoms with van der Waals surface area (Å²) in [5, 5.41) is 17.4. The third-order valence-corrected chi connectivity index (χ3v) is 3.78. The van der Waals surface area contributed by atoms with E-state index >= 15 is 0 Å². The lowest BCUT2D eigenvalue weighted by Crippen LogP contribution is -2.33. The van der Waals surface area contributed by atoms with Crippen LogP contribution < -0.4 is 0 Å². The van der Waals surface area contributed by atoms with Crippen LogP contribution in [0.4, 0.5) is 0 Å². The molecule has 2 N–H and O–H groups in total. The standard InChI is InChI=1S/C9H16O2.C7H16O2/c1-7-10-5-8(6-11-7)9(2,3)4;1-7(2,3)6(4-8)5-9/h8H,1,5-6H2,2-4H3;6,8-9H,4-5H2,1-3H3. The number of aliphatic hydroxyl groups is 2. The summed E-state index contributed by atoms with van der Waals surface area (Å²) >= 11 is 0. The number of ether oxygens (including phenoxy) is 2. The summed E-state index contributed by atoms with van der Waals surface area (Å²) in [6, 6.07) is 0. The zero-order valence-electron chi connectivity index (χ0n) is 13.9. The lowest BCUT2D eigenvalue weighted by atomic mass is 9.81. The van der Waals surface area contributed by atoms with Gasteiger partial charge in [-0.3, -0.25) is 0 Å². The van der Waals surface area contributed by atoms with E-state index in [2.05, 4.69) is 27.4 Å². The number of aliphatic hydroxyl groups excluding tert-OH is 2. The summed E-state index contributed by atoms with van der Waals surface area (Å²) in [7, 11) is 0. The van der Waals surface area contributed by atoms with Crippen LogP contribution in [0.3, 0.4) is 0 Å². The van der Waals surface area contributed by atoms with Gasteiger partial charge in [0.1, 0.15) is 0 Å². The highest BCUT2D eigenvalue weighted by Crippen LogP contribution is 2.29. The van der Waals surface area contributed by atoms with Gasteiger partial charge in [-0.25, -0.2) is 0 Å². The highest BCUT2D eigenvalue weighted by Gasteiger charge is 2.29. The van der Waals surface area contributed by atoms with Gasteiger partial charge in [0.15, 0.2) is 0 Å². The Morgan fingerprint density at radius 2 is 1.45 bits per heavy atom. The van der Waals surface area contributed by atoms with Crippen LogP contribution in [0.2, 0.25) is 0 Å². The molecular weight excluding hydrogens is 256 g/mol. The minimum Gasteiger partial charge on any atom is -0.465 e. The largest absolute Gasteiger partial charge is 0.465 e. The maximum absolute atomic E-state index is 8.70. The van der Waals surface area contributed by atoms with Gasteiger partial charge in [-0.05, 0) is 17.4 Å². The van der Waals surface area contributed by atoms with Gasteiger partial charge in [0.05, 0.1) is 13.2 Å². The van der Waals surface area contributed by atoms with Crippen LogP contribution in [-0.2, 0) is 9.47 Å². The molecule has 1 heterocycles. The summed E-state index contributed by atoms with van der Waals surface area (Å²) in [5.41, 5.74) is 0.282. The molecule has 1 rings (SSSR count). The van der Waals surface area contributed by atoms with E-state index in [0.29, 0.717) is 11.9 Å². The second-order valence-corrected chi connectivity index (χ2v) is 7.49. The van der Waals surface area contributed by atoms with Gasteiger partial charge in [-0.15, -0.1) is 0 Å². The van der Waals surface area contributed by atoms with Gasteiger partial charge < -0.3 is 19.7 Å². The van der Waals surface area contributed by atoms with Crippen molar-refractivity contribution >= 4 is 0 Å². The Morgan fingerprint density at radius 3 is 1.65 bits per heavy atom. The second-order valence-electron chi connectivity index (χ2n) is 7.49. The highest BCUT2D eigenvalue weighted by atomic mass is 16.7. The highest BCUT2D eigenvalue weighted by molar-refractivity contribution is 4.81. The Labute approximate surface area is 123 Å². The number of hydrogen-bond donors (Lipinski definition) is 2. The fourth-order valence-corrected chi connectivity index (χ4v) is 1.58. The fourth-order valence-electron chi connectivity index (χ4n) is 1.58. The van der Waals surface area contributed by atoms with Crippen LogP contribution in [-0.4, -0.2) is 36.6 Å². The fraction of sp³-hybridized carbons (Fsp3) is 0.875. The third-order valence-electron chi connectivity index (χ3n) is 3.78. The van der Waals surface area contributed by atoms with Crippen LogP contribution >= 0.6 is 0 Å². The van der Waals surface area contributed by atoms with Gasteiger partial charge in [-0.2, -0.15) is 0 Å². The van der Waals surface area contributed by atoms with Crippen molar-refractivity contribution in [2.45, 2.75) is 41.5 Å². The Balaban J connectivity index is 0.000000370. The summed E-state index contributed by atoms with van der Waals surface area (Å²) in [6.45, 7) is 17.8. The molecule has 20 heavy (non-hydrogen) atoms. The van der Waals surface area contributed by atoms with E-state index in [1.807, 2.05) is 20.8 Å². The summed E-state index contributed by atoms with van der Waals surface area (Å²) in [5.74, 6) is 0.955. The van der Waals surface area contributed by atoms with Crippen LogP contribution in [0.5, 0.6) is 0 Å². The molecule has 0 aromatic carbocycles. The number of hydrogen-bond acceptors (Lipinski definition) is 4. The quantitative estimate of drug-likeness (QED) is 0.820. The van der Waals surface area contributed by atoms with E-state index in [9.17, 15) is 0 Å². The Hall–Kier alpha value is -0.740. The molecule has 0 amide bonds. The van der Waals surface area contributed by atoms with Crippen LogP contribution in [0.1, 0.15) is 41.5 Å². The van der Waals surface area contributed by atoms with Crippen molar-refractivity contribution in [1.82, 2.24) is 0 Å². The van der Waals surface area contributed by atoms with Crippen molar-refractivity contribution in [2.24, 2.45) is 22.7 Å². The van der Waals surface area contributed by atoms with Crippen molar-refractivity contribution in [3.8, 4) is 0 Å². The molecule has 0 atom stereocenters. The third kappa shape index (κ3) is 7.15. The molecule has 1 fully saturated rings. The minimum absolute atomic E-state index is 0.0116. The summed E-state index contributed by atoms with van der Waals surface area (Å²) < 4.78 is 10.4. The zero-order valence-corrected chi connectivity index (χ0v) is 13.9. The maximum atomic E-state index is 8.70. The molecule has 1 aliphatic heterocycles. The molecule has 0 unspecified atom stereocenters. The van der Waals surface area contributed by atoms with Crippen LogP contribution in [0.25, 0.3) is 0 Å². The van der Waals surface area contributed by atoms with Gasteiger partial charge in [0.2, 0.25) is 0 Å². The van der Waals surface area contributed by atoms with Crippen molar-refractivity contribution in [3.63, 3.8) is 0 Å². The first-order valence-corrected chi connectivity index (χ1v) is 7.18. The molecule has 0 aliphatic carbocycles. The van der Waals surface area contributed by atoms with Crippen molar-refractivity contribution in [3.05, 3.63) is 12.5 Å². The zero-order chi connectivity index (χ0) is 16.0. The first-order chi connectivity index (χ1) is 9.02. The van der Waals surface area contributed by atoms with Crippen molar-refractivity contribution < 1.29 is 19.7 Å². The lowest BCUT2D eigenvalue weighted by Gasteiger charge is -2.34. The topological polar surface area (TPSA) is 58.9 Å². The Bertz CT molecular complexity index is 272. The molecule has 0 spiro atoms. The first kappa shape index (κ1) is 19.3. The van der Waals surface area contributed by atoms with Crippen molar-refractivity contribution in [2.75, 3.05) is 26.4 Å². The molecular formula is C16H32O4. The average molecular weight is 288 g/mol. The molecule has 0 bridgehead atoms. The monoisotopic (exact) mass is 288 g/mol. The SMILES string of the molecule is C=C1OCC(C(C)(C)C)CO1.CC(C)(C)C(CO)CO. The summed E-state index contributed by atoms with van der Waals surface area (Å²) in [6.07, 6.45) is 0. The van der Waals surface area contributed by atoms with Crippen LogP contribution in [0, 0.1) is 22.7 Å². The van der Waals surface area contributed by atoms with E-state index in [4.69, 9.17) is 19.7 Å². The van der Waals surface area contributed by atoms with E-state index in [-0.39, 0.29) is 30.0 Å². The average Bonchev–Trinajstić information content (AvgIpc) is 2.28. The smallest absolute Gasteiger partial charge is 0.271 e.